The number of fused-ring (bicyclic) bond motifs is 1. The summed E-state index contributed by atoms with van der Waals surface area (Å²) in [7, 11) is 0. The Morgan fingerprint density at radius 3 is 2.54 bits per heavy atom. The maximum absolute atomic E-state index is 13.1. The van der Waals surface area contributed by atoms with Crippen LogP contribution in [0.4, 0.5) is 4.39 Å². The Kier molecular flexibility index (Phi) is 3.62. The van der Waals surface area contributed by atoms with Crippen LogP contribution in [0, 0.1) is 5.82 Å². The summed E-state index contributed by atoms with van der Waals surface area (Å²) >= 11 is 0. The molecule has 0 aliphatic rings. The van der Waals surface area contributed by atoms with E-state index in [1.807, 2.05) is 0 Å². The molecule has 0 saturated heterocycles. The molecule has 7 heteroatoms. The van der Waals surface area contributed by atoms with Crippen molar-refractivity contribution in [1.82, 2.24) is 9.97 Å². The highest BCUT2D eigenvalue weighted by molar-refractivity contribution is 5.89. The van der Waals surface area contributed by atoms with E-state index >= 15 is 0 Å². The first kappa shape index (κ1) is 15.8. The van der Waals surface area contributed by atoms with Crippen LogP contribution < -0.4 is 11.3 Å². The highest BCUT2D eigenvalue weighted by Crippen LogP contribution is 2.32. The van der Waals surface area contributed by atoms with E-state index < -0.39 is 17.1 Å². The second-order valence-corrected chi connectivity index (χ2v) is 5.60. The van der Waals surface area contributed by atoms with Gasteiger partial charge < -0.3 is 14.5 Å². The number of hydrogen-bond acceptors (Lipinski definition) is 5. The summed E-state index contributed by atoms with van der Waals surface area (Å²) < 4.78 is 18.3. The van der Waals surface area contributed by atoms with Gasteiger partial charge in [0.1, 0.15) is 22.7 Å². The van der Waals surface area contributed by atoms with E-state index in [4.69, 9.17) is 4.42 Å². The van der Waals surface area contributed by atoms with Crippen LogP contribution in [0.3, 0.4) is 0 Å². The average Bonchev–Trinajstić information content (AvgIpc) is 2.62. The molecule has 2 aromatic carbocycles. The molecular weight excluding hydrogens is 339 g/mol. The second-order valence-electron chi connectivity index (χ2n) is 5.60. The van der Waals surface area contributed by atoms with Crippen LogP contribution in [0.2, 0.25) is 0 Å². The molecule has 2 N–H and O–H groups in total. The number of hydrogen-bond donors (Lipinski definition) is 2. The summed E-state index contributed by atoms with van der Waals surface area (Å²) in [5.41, 5.74) is -0.678. The molecule has 2 aromatic heterocycles. The van der Waals surface area contributed by atoms with E-state index in [0.717, 1.165) is 0 Å². The van der Waals surface area contributed by atoms with E-state index in [2.05, 4.69) is 9.97 Å². The van der Waals surface area contributed by atoms with Gasteiger partial charge in [0.2, 0.25) is 0 Å². The van der Waals surface area contributed by atoms with E-state index in [1.54, 1.807) is 24.3 Å². The Morgan fingerprint density at radius 2 is 1.77 bits per heavy atom. The smallest absolute Gasteiger partial charge is 0.349 e. The van der Waals surface area contributed by atoms with Gasteiger partial charge >= 0.3 is 11.3 Å². The van der Waals surface area contributed by atoms with Gasteiger partial charge in [-0.1, -0.05) is 12.1 Å². The number of nitrogens with one attached hydrogen (secondary N) is 1. The SMILES string of the molecule is O=c1nc(-c2ccc(F)cc2)cc(-c2c(O)c3ccccc3oc2=O)[nH]1. The van der Waals surface area contributed by atoms with Gasteiger partial charge in [0.15, 0.2) is 0 Å². The summed E-state index contributed by atoms with van der Waals surface area (Å²) in [6.45, 7) is 0. The second kappa shape index (κ2) is 5.96. The summed E-state index contributed by atoms with van der Waals surface area (Å²) in [6.07, 6.45) is 0. The molecule has 4 rings (SSSR count). The Bertz CT molecular complexity index is 1240. The fourth-order valence-corrected chi connectivity index (χ4v) is 2.73. The van der Waals surface area contributed by atoms with Gasteiger partial charge in [-0.05, 0) is 42.5 Å². The maximum Gasteiger partial charge on any atom is 0.349 e. The van der Waals surface area contributed by atoms with Crippen molar-refractivity contribution in [3.63, 3.8) is 0 Å². The minimum absolute atomic E-state index is 0.0568. The van der Waals surface area contributed by atoms with Crippen molar-refractivity contribution in [2.45, 2.75) is 0 Å². The average molecular weight is 350 g/mol. The molecule has 0 saturated carbocycles. The molecule has 0 amide bonds. The third-order valence-corrected chi connectivity index (χ3v) is 3.94. The third-order valence-electron chi connectivity index (χ3n) is 3.94. The number of rotatable bonds is 2. The van der Waals surface area contributed by atoms with Crippen LogP contribution in [-0.4, -0.2) is 15.1 Å². The van der Waals surface area contributed by atoms with E-state index in [9.17, 15) is 19.1 Å². The third kappa shape index (κ3) is 2.65. The zero-order valence-corrected chi connectivity index (χ0v) is 13.2. The summed E-state index contributed by atoms with van der Waals surface area (Å²) in [6, 6.07) is 13.3. The van der Waals surface area contributed by atoms with Crippen molar-refractivity contribution >= 4 is 11.0 Å². The summed E-state index contributed by atoms with van der Waals surface area (Å²) in [5.74, 6) is -0.726. The van der Waals surface area contributed by atoms with Crippen molar-refractivity contribution in [3.05, 3.63) is 81.3 Å². The molecule has 0 fully saturated rings. The number of aromatic hydroxyl groups is 1. The minimum atomic E-state index is -0.798. The molecule has 26 heavy (non-hydrogen) atoms. The fourth-order valence-electron chi connectivity index (χ4n) is 2.73. The van der Waals surface area contributed by atoms with Crippen LogP contribution >= 0.6 is 0 Å². The van der Waals surface area contributed by atoms with E-state index in [1.165, 1.54) is 30.3 Å². The Labute approximate surface area is 145 Å². The molecule has 128 valence electrons. The van der Waals surface area contributed by atoms with Crippen LogP contribution in [0.5, 0.6) is 5.75 Å². The number of nitrogens with zero attached hydrogens (tertiary/aromatic N) is 1. The molecule has 2 heterocycles. The lowest BCUT2D eigenvalue weighted by atomic mass is 10.1. The van der Waals surface area contributed by atoms with Crippen molar-refractivity contribution in [3.8, 4) is 28.3 Å². The number of para-hydroxylation sites is 1. The lowest BCUT2D eigenvalue weighted by molar-refractivity contribution is 0.471. The number of halogens is 1. The number of H-pyrrole nitrogens is 1. The first-order valence-corrected chi connectivity index (χ1v) is 7.65. The fraction of sp³-hybridized carbons (Fsp3) is 0. The first-order chi connectivity index (χ1) is 12.5. The maximum atomic E-state index is 13.1. The Morgan fingerprint density at radius 1 is 1.04 bits per heavy atom. The normalized spacial score (nSPS) is 11.0. The molecule has 0 radical (unpaired) electrons. The van der Waals surface area contributed by atoms with Crippen molar-refractivity contribution in [2.24, 2.45) is 0 Å². The lowest BCUT2D eigenvalue weighted by Gasteiger charge is -2.07. The monoisotopic (exact) mass is 350 g/mol. The molecule has 0 atom stereocenters. The Hall–Kier alpha value is -3.74. The quantitative estimate of drug-likeness (QED) is 0.542. The standard InChI is InChI=1S/C19H11FN2O4/c20-11-7-5-10(6-8-11)13-9-14(22-19(25)21-13)16-17(23)12-3-1-2-4-15(12)26-18(16)24/h1-9,23H,(H,21,22,25). The van der Waals surface area contributed by atoms with Crippen LogP contribution in [0.1, 0.15) is 0 Å². The van der Waals surface area contributed by atoms with Gasteiger partial charge in [0.05, 0.1) is 16.8 Å². The van der Waals surface area contributed by atoms with Gasteiger partial charge in [-0.3, -0.25) is 0 Å². The highest BCUT2D eigenvalue weighted by Gasteiger charge is 2.18. The molecular formula is C19H11FN2O4. The molecule has 0 unspecified atom stereocenters. The van der Waals surface area contributed by atoms with Crippen LogP contribution in [-0.2, 0) is 0 Å². The molecule has 0 spiro atoms. The number of aromatic amines is 1. The van der Waals surface area contributed by atoms with Crippen molar-refractivity contribution in [2.75, 3.05) is 0 Å². The predicted octanol–water partition coefficient (Wildman–Crippen LogP) is 3.06. The molecule has 6 nitrogen and oxygen atoms in total. The van der Waals surface area contributed by atoms with Crippen molar-refractivity contribution in [1.29, 1.82) is 0 Å². The van der Waals surface area contributed by atoms with E-state index in [0.29, 0.717) is 10.9 Å². The topological polar surface area (TPSA) is 96.2 Å². The number of aromatic nitrogens is 2. The highest BCUT2D eigenvalue weighted by atomic mass is 19.1. The molecule has 0 bridgehead atoms. The van der Waals surface area contributed by atoms with Gasteiger partial charge in [-0.15, -0.1) is 0 Å². The Balaban J connectivity index is 1.97. The van der Waals surface area contributed by atoms with Gasteiger partial charge in [0, 0.05) is 5.56 Å². The first-order valence-electron chi connectivity index (χ1n) is 7.65. The van der Waals surface area contributed by atoms with E-state index in [-0.39, 0.29) is 28.3 Å². The summed E-state index contributed by atoms with van der Waals surface area (Å²) in [5, 5.41) is 10.9. The van der Waals surface area contributed by atoms with Crippen LogP contribution in [0.25, 0.3) is 33.5 Å². The minimum Gasteiger partial charge on any atom is -0.506 e. The zero-order valence-electron chi connectivity index (χ0n) is 13.2. The number of benzene rings is 2. The van der Waals surface area contributed by atoms with Gasteiger partial charge in [0.25, 0.3) is 0 Å². The largest absolute Gasteiger partial charge is 0.506 e. The molecule has 0 aliphatic heterocycles. The van der Waals surface area contributed by atoms with Gasteiger partial charge in [-0.2, -0.15) is 4.98 Å². The lowest BCUT2D eigenvalue weighted by Crippen LogP contribution is -2.14. The molecule has 0 aliphatic carbocycles. The van der Waals surface area contributed by atoms with Crippen molar-refractivity contribution < 1.29 is 13.9 Å². The van der Waals surface area contributed by atoms with Crippen LogP contribution in [0.15, 0.2) is 68.6 Å². The molecule has 4 aromatic rings. The summed E-state index contributed by atoms with van der Waals surface area (Å²) in [4.78, 5) is 30.6. The zero-order chi connectivity index (χ0) is 18.3. The predicted molar refractivity (Wildman–Crippen MR) is 93.4 cm³/mol. The van der Waals surface area contributed by atoms with Gasteiger partial charge in [-0.25, -0.2) is 14.0 Å².